The minimum Gasteiger partial charge on any atom is -0.493 e. The molecule has 10 heteroatoms. The average molecular weight is 440 g/mol. The Balaban J connectivity index is 1.89. The molecule has 2 aromatic heterocycles. The van der Waals surface area contributed by atoms with Crippen LogP contribution in [0.4, 0.5) is 13.2 Å². The van der Waals surface area contributed by atoms with Crippen molar-refractivity contribution in [2.24, 2.45) is 0 Å². The van der Waals surface area contributed by atoms with Crippen LogP contribution in [0.1, 0.15) is 49.1 Å². The second-order valence-electron chi connectivity index (χ2n) is 7.42. The molecule has 160 valence electrons. The van der Waals surface area contributed by atoms with Crippen molar-refractivity contribution >= 4 is 22.6 Å². The van der Waals surface area contributed by atoms with Crippen LogP contribution in [0, 0.1) is 5.82 Å². The second-order valence-corrected chi connectivity index (χ2v) is 7.83. The molecule has 6 nitrogen and oxygen atoms in total. The molecule has 3 aromatic rings. The van der Waals surface area contributed by atoms with E-state index >= 15 is 4.39 Å². The maximum atomic E-state index is 15.0. The van der Waals surface area contributed by atoms with Crippen LogP contribution in [-0.2, 0) is 0 Å². The second kappa shape index (κ2) is 8.03. The molecule has 0 radical (unpaired) electrons. The van der Waals surface area contributed by atoms with Gasteiger partial charge in [-0.3, -0.25) is 0 Å². The first-order valence-electron chi connectivity index (χ1n) is 9.62. The van der Waals surface area contributed by atoms with Crippen molar-refractivity contribution in [3.05, 3.63) is 46.3 Å². The zero-order valence-corrected chi connectivity index (χ0v) is 17.5. The van der Waals surface area contributed by atoms with E-state index in [9.17, 15) is 8.78 Å². The van der Waals surface area contributed by atoms with Gasteiger partial charge in [0.1, 0.15) is 23.6 Å². The van der Waals surface area contributed by atoms with Crippen molar-refractivity contribution in [1.82, 2.24) is 24.6 Å². The van der Waals surface area contributed by atoms with E-state index in [0.29, 0.717) is 36.6 Å². The fourth-order valence-electron chi connectivity index (χ4n) is 3.98. The number of likely N-dealkylation sites (tertiary alicyclic amines) is 1. The largest absolute Gasteiger partial charge is 0.493 e. The number of aromatic nitrogens is 4. The highest BCUT2D eigenvalue weighted by Crippen LogP contribution is 2.43. The lowest BCUT2D eigenvalue weighted by Gasteiger charge is -2.38. The molecule has 0 spiro atoms. The standard InChI is InChI=1S/C20H21ClF3N5O/c1-4-30-18-12(5-14(21)16(22)15(18)11-7-28(3)8-11)10(2)29-20-13(6-25-9-26-20)17(27-29)19(23)24/h5-6,9-11,19H,4,7-8H2,1-3H3. The van der Waals surface area contributed by atoms with Gasteiger partial charge in [-0.05, 0) is 27.0 Å². The Kier molecular flexibility index (Phi) is 5.59. The molecule has 1 aliphatic rings. The maximum Gasteiger partial charge on any atom is 0.282 e. The molecule has 1 atom stereocenters. The Morgan fingerprint density at radius 3 is 2.70 bits per heavy atom. The van der Waals surface area contributed by atoms with Gasteiger partial charge in [-0.25, -0.2) is 27.8 Å². The number of nitrogens with zero attached hydrogens (tertiary/aromatic N) is 5. The summed E-state index contributed by atoms with van der Waals surface area (Å²) in [5, 5.41) is 4.24. The zero-order valence-electron chi connectivity index (χ0n) is 16.7. The maximum absolute atomic E-state index is 15.0. The van der Waals surface area contributed by atoms with Crippen LogP contribution in [0.5, 0.6) is 5.75 Å². The van der Waals surface area contributed by atoms with E-state index in [1.807, 2.05) is 14.0 Å². The number of rotatable bonds is 6. The first kappa shape index (κ1) is 20.9. The molecule has 4 rings (SSSR count). The Labute approximate surface area is 176 Å². The Bertz CT molecular complexity index is 1080. The first-order valence-corrected chi connectivity index (χ1v) is 10.0. The third-order valence-electron chi connectivity index (χ3n) is 5.42. The topological polar surface area (TPSA) is 56.1 Å². The number of ether oxygens (including phenoxy) is 1. The van der Waals surface area contributed by atoms with E-state index in [4.69, 9.17) is 16.3 Å². The van der Waals surface area contributed by atoms with Crippen LogP contribution >= 0.6 is 11.6 Å². The SMILES string of the molecule is CCOc1c(C(C)n2nc(C(F)F)c3cncnc32)cc(Cl)c(F)c1C1CN(C)C1. The number of likely N-dealkylation sites (N-methyl/N-ethyl adjacent to an activating group) is 1. The third-order valence-corrected chi connectivity index (χ3v) is 5.69. The van der Waals surface area contributed by atoms with Crippen LogP contribution in [0.15, 0.2) is 18.6 Å². The van der Waals surface area contributed by atoms with Gasteiger partial charge >= 0.3 is 0 Å². The summed E-state index contributed by atoms with van der Waals surface area (Å²) >= 11 is 6.24. The van der Waals surface area contributed by atoms with Gasteiger partial charge in [0.2, 0.25) is 0 Å². The highest BCUT2D eigenvalue weighted by Gasteiger charge is 2.34. The normalized spacial score (nSPS) is 16.3. The van der Waals surface area contributed by atoms with E-state index in [0.717, 1.165) is 0 Å². The molecule has 3 heterocycles. The van der Waals surface area contributed by atoms with Gasteiger partial charge in [-0.2, -0.15) is 5.10 Å². The molecule has 1 aliphatic heterocycles. The molecule has 0 bridgehead atoms. The summed E-state index contributed by atoms with van der Waals surface area (Å²) in [4.78, 5) is 10.0. The summed E-state index contributed by atoms with van der Waals surface area (Å²) in [7, 11) is 1.95. The first-order chi connectivity index (χ1) is 14.3. The van der Waals surface area contributed by atoms with Gasteiger partial charge in [0.05, 0.1) is 23.1 Å². The van der Waals surface area contributed by atoms with Crippen molar-refractivity contribution in [3.8, 4) is 5.75 Å². The van der Waals surface area contributed by atoms with Crippen molar-refractivity contribution in [3.63, 3.8) is 0 Å². The van der Waals surface area contributed by atoms with Crippen LogP contribution in [0.2, 0.25) is 5.02 Å². The summed E-state index contributed by atoms with van der Waals surface area (Å²) in [6.07, 6.45) is -0.188. The van der Waals surface area contributed by atoms with Gasteiger partial charge in [0.15, 0.2) is 5.65 Å². The quantitative estimate of drug-likeness (QED) is 0.562. The fraction of sp³-hybridized carbons (Fsp3) is 0.450. The number of fused-ring (bicyclic) bond motifs is 1. The van der Waals surface area contributed by atoms with E-state index in [2.05, 4.69) is 20.0 Å². The minimum atomic E-state index is -2.78. The third kappa shape index (κ3) is 3.39. The van der Waals surface area contributed by atoms with Crippen molar-refractivity contribution < 1.29 is 17.9 Å². The minimum absolute atomic E-state index is 0.0370. The summed E-state index contributed by atoms with van der Waals surface area (Å²) in [6, 6.07) is 0.904. The monoisotopic (exact) mass is 439 g/mol. The van der Waals surface area contributed by atoms with E-state index in [1.165, 1.54) is 23.3 Å². The highest BCUT2D eigenvalue weighted by molar-refractivity contribution is 6.31. The molecule has 0 saturated carbocycles. The smallest absolute Gasteiger partial charge is 0.282 e. The lowest BCUT2D eigenvalue weighted by molar-refractivity contribution is 0.146. The number of halogens is 4. The Hall–Kier alpha value is -2.39. The molecule has 1 fully saturated rings. The molecule has 1 aromatic carbocycles. The van der Waals surface area contributed by atoms with Crippen molar-refractivity contribution in [2.75, 3.05) is 26.7 Å². The fourth-order valence-corrected chi connectivity index (χ4v) is 4.20. The van der Waals surface area contributed by atoms with Crippen molar-refractivity contribution in [1.29, 1.82) is 0 Å². The molecule has 1 unspecified atom stereocenters. The lowest BCUT2D eigenvalue weighted by Crippen LogP contribution is -2.42. The van der Waals surface area contributed by atoms with Gasteiger partial charge in [0.25, 0.3) is 6.43 Å². The molecular weight excluding hydrogens is 419 g/mol. The number of hydrogen-bond acceptors (Lipinski definition) is 5. The Morgan fingerprint density at radius 2 is 2.07 bits per heavy atom. The van der Waals surface area contributed by atoms with E-state index < -0.39 is 24.0 Å². The number of benzene rings is 1. The predicted molar refractivity (Wildman–Crippen MR) is 107 cm³/mol. The van der Waals surface area contributed by atoms with Gasteiger partial charge in [0, 0.05) is 36.3 Å². The number of alkyl halides is 2. The van der Waals surface area contributed by atoms with Crippen LogP contribution < -0.4 is 4.74 Å². The molecule has 0 N–H and O–H groups in total. The summed E-state index contributed by atoms with van der Waals surface area (Å²) in [6.45, 7) is 5.26. The Morgan fingerprint density at radius 1 is 1.33 bits per heavy atom. The van der Waals surface area contributed by atoms with Crippen LogP contribution in [0.25, 0.3) is 11.0 Å². The van der Waals surface area contributed by atoms with Gasteiger partial charge < -0.3 is 9.64 Å². The average Bonchev–Trinajstić information content (AvgIpc) is 3.08. The molecular formula is C20H21ClF3N5O. The molecule has 30 heavy (non-hydrogen) atoms. The summed E-state index contributed by atoms with van der Waals surface area (Å²) in [5.41, 5.74) is 0.853. The molecule has 1 saturated heterocycles. The summed E-state index contributed by atoms with van der Waals surface area (Å²) in [5.74, 6) is -0.175. The van der Waals surface area contributed by atoms with E-state index in [1.54, 1.807) is 6.92 Å². The highest BCUT2D eigenvalue weighted by atomic mass is 35.5. The summed E-state index contributed by atoms with van der Waals surface area (Å²) < 4.78 is 49.3. The van der Waals surface area contributed by atoms with Crippen molar-refractivity contribution in [2.45, 2.75) is 32.2 Å². The van der Waals surface area contributed by atoms with Gasteiger partial charge in [-0.15, -0.1) is 0 Å². The van der Waals surface area contributed by atoms with Crippen LogP contribution in [0.3, 0.4) is 0 Å². The molecule has 0 amide bonds. The number of hydrogen-bond donors (Lipinski definition) is 0. The van der Waals surface area contributed by atoms with E-state index in [-0.39, 0.29) is 22.0 Å². The zero-order chi connectivity index (χ0) is 21.6. The van der Waals surface area contributed by atoms with Gasteiger partial charge in [-0.1, -0.05) is 11.6 Å². The lowest BCUT2D eigenvalue weighted by atomic mass is 9.88. The molecule has 0 aliphatic carbocycles. The van der Waals surface area contributed by atoms with Crippen LogP contribution in [-0.4, -0.2) is 51.4 Å². The predicted octanol–water partition coefficient (Wildman–Crippen LogP) is 4.59.